The molecule has 1 saturated carbocycles. The molecule has 2 heterocycles. The summed E-state index contributed by atoms with van der Waals surface area (Å²) in [5.74, 6) is -2.06. The predicted molar refractivity (Wildman–Crippen MR) is 183 cm³/mol. The molecule has 2 aromatic carbocycles. The molecule has 3 aliphatic rings. The number of pyridine rings is 1. The van der Waals surface area contributed by atoms with Gasteiger partial charge in [-0.2, -0.15) is 0 Å². The molecular formula is C38H41N5O6. The Balaban J connectivity index is 1.29. The van der Waals surface area contributed by atoms with E-state index >= 15 is 0 Å². The Kier molecular flexibility index (Phi) is 8.26. The highest BCUT2D eigenvalue weighted by atomic mass is 16.5. The van der Waals surface area contributed by atoms with E-state index in [9.17, 15) is 14.4 Å². The summed E-state index contributed by atoms with van der Waals surface area (Å²) in [6, 6.07) is 19.1. The van der Waals surface area contributed by atoms with Crippen molar-refractivity contribution in [3.8, 4) is 11.6 Å². The van der Waals surface area contributed by atoms with Crippen molar-refractivity contribution >= 4 is 29.0 Å². The van der Waals surface area contributed by atoms with Gasteiger partial charge in [0.25, 0.3) is 5.88 Å². The minimum Gasteiger partial charge on any atom is -0.484 e. The van der Waals surface area contributed by atoms with Crippen LogP contribution in [0.25, 0.3) is 0 Å². The third kappa shape index (κ3) is 5.36. The molecule has 1 fully saturated rings. The summed E-state index contributed by atoms with van der Waals surface area (Å²) in [6.07, 6.45) is 0.865. The highest BCUT2D eigenvalue weighted by molar-refractivity contribution is 6.25. The quantitative estimate of drug-likeness (QED) is 0.242. The van der Waals surface area contributed by atoms with Gasteiger partial charge in [-0.05, 0) is 62.0 Å². The summed E-state index contributed by atoms with van der Waals surface area (Å²) in [6.45, 7) is 2.55. The van der Waals surface area contributed by atoms with Crippen molar-refractivity contribution < 1.29 is 28.4 Å². The van der Waals surface area contributed by atoms with E-state index in [1.54, 1.807) is 6.92 Å². The zero-order valence-corrected chi connectivity index (χ0v) is 28.4. The van der Waals surface area contributed by atoms with Crippen LogP contribution < -0.4 is 20.1 Å². The molecule has 4 aromatic rings. The lowest BCUT2D eigenvalue weighted by molar-refractivity contribution is -0.138. The number of anilines is 2. The number of carbonyl (C=O) groups excluding carboxylic acids is 3. The first kappa shape index (κ1) is 32.5. The van der Waals surface area contributed by atoms with Crippen molar-refractivity contribution in [3.05, 3.63) is 94.2 Å². The number of carbonyl (C=O) groups is 3. The smallest absolute Gasteiger partial charge is 0.265 e. The highest BCUT2D eigenvalue weighted by Gasteiger charge is 2.65. The number of benzene rings is 2. The van der Waals surface area contributed by atoms with Crippen LogP contribution in [-0.2, 0) is 24.4 Å². The second-order valence-corrected chi connectivity index (χ2v) is 14.1. The summed E-state index contributed by atoms with van der Waals surface area (Å²) in [4.78, 5) is 52.9. The van der Waals surface area contributed by atoms with Gasteiger partial charge in [0.2, 0.25) is 0 Å². The standard InChI is InChI=1S/C38H41N5O6/c1-38-26(25(18-42(2)3)31-29(34(38)46)37(41-49-31)48-20-22-14-10-7-11-15-22)17-23-16-24-28(30(44)27(23)33(38)45)32(35(39)40-36(24)43(4)5)47-19-21-12-8-6-9-13-21/h6-15,23,25-27H,16-20H2,1-5H3,(H2,39,40). The number of rotatable bonds is 9. The number of aromatic nitrogens is 2. The Labute approximate surface area is 285 Å². The van der Waals surface area contributed by atoms with E-state index in [4.69, 9.17) is 19.7 Å². The summed E-state index contributed by atoms with van der Waals surface area (Å²) in [7, 11) is 7.59. The Hall–Kier alpha value is -5.03. The highest BCUT2D eigenvalue weighted by Crippen LogP contribution is 2.59. The van der Waals surface area contributed by atoms with Crippen molar-refractivity contribution in [2.75, 3.05) is 45.4 Å². The van der Waals surface area contributed by atoms with Gasteiger partial charge in [0.1, 0.15) is 24.6 Å². The maximum Gasteiger partial charge on any atom is 0.265 e. The van der Waals surface area contributed by atoms with E-state index < -0.39 is 28.8 Å². The molecule has 0 aliphatic heterocycles. The fraction of sp³-hybridized carbons (Fsp3) is 0.395. The predicted octanol–water partition coefficient (Wildman–Crippen LogP) is 4.98. The van der Waals surface area contributed by atoms with Gasteiger partial charge < -0.3 is 29.5 Å². The average Bonchev–Trinajstić information content (AvgIpc) is 3.51. The molecule has 2 aromatic heterocycles. The van der Waals surface area contributed by atoms with E-state index in [1.165, 1.54) is 0 Å². The van der Waals surface area contributed by atoms with Crippen LogP contribution in [-0.4, -0.2) is 67.1 Å². The van der Waals surface area contributed by atoms with E-state index in [0.717, 1.165) is 11.1 Å². The number of nitrogens with zero attached hydrogens (tertiary/aromatic N) is 4. The van der Waals surface area contributed by atoms with Crippen molar-refractivity contribution in [1.29, 1.82) is 0 Å². The van der Waals surface area contributed by atoms with E-state index in [2.05, 4.69) is 10.1 Å². The van der Waals surface area contributed by atoms with E-state index in [1.807, 2.05) is 98.7 Å². The molecule has 5 atom stereocenters. The molecule has 3 aliphatic carbocycles. The molecule has 0 spiro atoms. The fourth-order valence-electron chi connectivity index (χ4n) is 8.15. The van der Waals surface area contributed by atoms with Crippen LogP contribution in [0.4, 0.5) is 11.6 Å². The Morgan fingerprint density at radius 3 is 2.16 bits per heavy atom. The molecule has 0 amide bonds. The van der Waals surface area contributed by atoms with Gasteiger partial charge >= 0.3 is 0 Å². The Morgan fingerprint density at radius 1 is 0.918 bits per heavy atom. The molecule has 49 heavy (non-hydrogen) atoms. The molecular weight excluding hydrogens is 622 g/mol. The second kappa shape index (κ2) is 12.5. The summed E-state index contributed by atoms with van der Waals surface area (Å²) in [5, 5.41) is 4.21. The number of Topliss-reactive ketones (excluding diaryl/α,β-unsaturated/α-hetero) is 3. The lowest BCUT2D eigenvalue weighted by Crippen LogP contribution is -2.60. The fourth-order valence-corrected chi connectivity index (χ4v) is 8.15. The largest absolute Gasteiger partial charge is 0.484 e. The molecule has 11 heteroatoms. The topological polar surface area (TPSA) is 141 Å². The van der Waals surface area contributed by atoms with Crippen LogP contribution in [0.15, 0.2) is 65.2 Å². The number of hydrogen-bond donors (Lipinski definition) is 1. The van der Waals surface area contributed by atoms with Gasteiger partial charge in [-0.1, -0.05) is 60.7 Å². The van der Waals surface area contributed by atoms with Gasteiger partial charge in [-0.25, -0.2) is 4.98 Å². The van der Waals surface area contributed by atoms with Gasteiger partial charge in [0, 0.05) is 32.1 Å². The third-order valence-corrected chi connectivity index (χ3v) is 10.5. The Morgan fingerprint density at radius 2 is 1.55 bits per heavy atom. The molecule has 5 unspecified atom stereocenters. The minimum atomic E-state index is -1.51. The molecule has 2 N–H and O–H groups in total. The van der Waals surface area contributed by atoms with Crippen LogP contribution in [0.3, 0.4) is 0 Å². The summed E-state index contributed by atoms with van der Waals surface area (Å²) >= 11 is 0. The van der Waals surface area contributed by atoms with Crippen molar-refractivity contribution in [1.82, 2.24) is 15.0 Å². The first-order valence-corrected chi connectivity index (χ1v) is 16.6. The lowest BCUT2D eigenvalue weighted by atomic mass is 9.49. The molecule has 0 bridgehead atoms. The second-order valence-electron chi connectivity index (χ2n) is 14.1. The van der Waals surface area contributed by atoms with Crippen LogP contribution in [0.5, 0.6) is 11.6 Å². The van der Waals surface area contributed by atoms with E-state index in [-0.39, 0.29) is 59.4 Å². The molecule has 0 radical (unpaired) electrons. The normalized spacial score (nSPS) is 24.2. The zero-order valence-electron chi connectivity index (χ0n) is 28.4. The number of nitrogens with two attached hydrogens (primary N) is 1. The third-order valence-electron chi connectivity index (χ3n) is 10.5. The van der Waals surface area contributed by atoms with E-state index in [0.29, 0.717) is 36.5 Å². The van der Waals surface area contributed by atoms with Crippen molar-refractivity contribution in [2.24, 2.45) is 23.2 Å². The van der Waals surface area contributed by atoms with Crippen molar-refractivity contribution in [2.45, 2.75) is 38.9 Å². The van der Waals surface area contributed by atoms with Gasteiger partial charge in [0.15, 0.2) is 34.7 Å². The van der Waals surface area contributed by atoms with Gasteiger partial charge in [-0.15, -0.1) is 0 Å². The molecule has 0 saturated heterocycles. The first-order chi connectivity index (χ1) is 23.5. The number of likely N-dealkylation sites (N-methyl/N-ethyl adjacent to an activating group) is 1. The van der Waals surface area contributed by atoms with Crippen LogP contribution in [0.2, 0.25) is 0 Å². The molecule has 11 nitrogen and oxygen atoms in total. The van der Waals surface area contributed by atoms with Crippen molar-refractivity contribution in [3.63, 3.8) is 0 Å². The van der Waals surface area contributed by atoms with Gasteiger partial charge in [-0.3, -0.25) is 14.4 Å². The number of hydrogen-bond acceptors (Lipinski definition) is 11. The molecule has 254 valence electrons. The minimum absolute atomic E-state index is 0.0635. The van der Waals surface area contributed by atoms with Crippen LogP contribution >= 0.6 is 0 Å². The summed E-state index contributed by atoms with van der Waals surface area (Å²) < 4.78 is 18.2. The van der Waals surface area contributed by atoms with Gasteiger partial charge in [0.05, 0.1) is 16.9 Å². The van der Waals surface area contributed by atoms with Crippen LogP contribution in [0, 0.1) is 23.2 Å². The average molecular weight is 664 g/mol. The maximum atomic E-state index is 14.9. The number of fused-ring (bicyclic) bond motifs is 4. The lowest BCUT2D eigenvalue weighted by Gasteiger charge is -2.51. The first-order valence-electron chi connectivity index (χ1n) is 16.6. The summed E-state index contributed by atoms with van der Waals surface area (Å²) in [5.41, 5.74) is 7.92. The maximum absolute atomic E-state index is 14.9. The number of ketones is 3. The van der Waals surface area contributed by atoms with Crippen LogP contribution in [0.1, 0.15) is 62.4 Å². The zero-order chi connectivity index (χ0) is 34.6. The number of ether oxygens (including phenoxy) is 2. The molecule has 7 rings (SSSR count). The number of nitrogen functional groups attached to an aromatic ring is 1. The SMILES string of the molecule is CN(C)CC1c2onc(OCc3ccccc3)c2C(=O)C2(C)C(=O)C3C(=O)c4c(c(N(C)C)nc(N)c4OCc4ccccc4)CC3CC12. The Bertz CT molecular complexity index is 1920. The monoisotopic (exact) mass is 663 g/mol.